The Kier molecular flexibility index (Phi) is 6.82. The van der Waals surface area contributed by atoms with Crippen molar-refractivity contribution < 1.29 is 19.0 Å². The topological polar surface area (TPSA) is 60.0 Å². The Morgan fingerprint density at radius 2 is 1.74 bits per heavy atom. The Labute approximate surface area is 210 Å². The van der Waals surface area contributed by atoms with Crippen molar-refractivity contribution >= 4 is 17.2 Å². The van der Waals surface area contributed by atoms with Gasteiger partial charge in [0.1, 0.15) is 11.5 Å². The number of piperidine rings is 1. The third kappa shape index (κ3) is 4.22. The van der Waals surface area contributed by atoms with Gasteiger partial charge in [0.2, 0.25) is 0 Å². The van der Waals surface area contributed by atoms with E-state index in [2.05, 4.69) is 34.5 Å². The first-order chi connectivity index (χ1) is 17.1. The maximum Gasteiger partial charge on any atom is 0.252 e. The molecule has 1 saturated heterocycles. The van der Waals surface area contributed by atoms with Gasteiger partial charge in [0.15, 0.2) is 0 Å². The number of hydrogen-bond donors (Lipinski definition) is 1. The van der Waals surface area contributed by atoms with Crippen LogP contribution in [0.1, 0.15) is 45.9 Å². The van der Waals surface area contributed by atoms with Crippen LogP contribution in [0, 0.1) is 0 Å². The second-order valence-electron chi connectivity index (χ2n) is 9.28. The lowest BCUT2D eigenvalue weighted by molar-refractivity contribution is -0.0123. The number of benzene rings is 2. The molecule has 1 aliphatic carbocycles. The van der Waals surface area contributed by atoms with E-state index in [9.17, 15) is 4.79 Å². The van der Waals surface area contributed by atoms with Crippen LogP contribution in [0.4, 0.5) is 0 Å². The van der Waals surface area contributed by atoms with Gasteiger partial charge in [-0.15, -0.1) is 0 Å². The van der Waals surface area contributed by atoms with Gasteiger partial charge in [-0.1, -0.05) is 30.3 Å². The summed E-state index contributed by atoms with van der Waals surface area (Å²) in [6, 6.07) is 16.1. The van der Waals surface area contributed by atoms with Crippen molar-refractivity contribution in [3.05, 3.63) is 81.5 Å². The number of nitrogens with one attached hydrogen (secondary N) is 1. The van der Waals surface area contributed by atoms with E-state index in [4.69, 9.17) is 14.2 Å². The summed E-state index contributed by atoms with van der Waals surface area (Å²) in [5, 5.41) is 7.10. The van der Waals surface area contributed by atoms with Gasteiger partial charge in [0.05, 0.1) is 37.5 Å². The number of nitrogens with zero attached hydrogens (tertiary/aromatic N) is 1. The van der Waals surface area contributed by atoms with Crippen LogP contribution in [-0.2, 0) is 16.7 Å². The number of thiophene rings is 1. The third-order valence-corrected chi connectivity index (χ3v) is 8.35. The summed E-state index contributed by atoms with van der Waals surface area (Å²) in [5.74, 6) is 1.65. The quantitative estimate of drug-likeness (QED) is 0.514. The van der Waals surface area contributed by atoms with E-state index in [1.165, 1.54) is 22.5 Å². The predicted octanol–water partition coefficient (Wildman–Crippen LogP) is 4.80. The first-order valence-corrected chi connectivity index (χ1v) is 12.9. The SMILES string of the molecule is COc1cccc(OC)c1CN1CCC2(CC1)c1ccccc1[C@@H](NC(=O)c1ccsc1)[C@@H]2OC. The molecule has 1 spiro atoms. The van der Waals surface area contributed by atoms with Crippen molar-refractivity contribution in [2.75, 3.05) is 34.4 Å². The van der Waals surface area contributed by atoms with E-state index in [1.54, 1.807) is 21.3 Å². The Morgan fingerprint density at radius 1 is 1.03 bits per heavy atom. The number of amides is 1. The summed E-state index contributed by atoms with van der Waals surface area (Å²) in [5.41, 5.74) is 4.10. The summed E-state index contributed by atoms with van der Waals surface area (Å²) >= 11 is 1.53. The Balaban J connectivity index is 1.39. The molecule has 6 nitrogen and oxygen atoms in total. The van der Waals surface area contributed by atoms with Crippen LogP contribution < -0.4 is 14.8 Å². The van der Waals surface area contributed by atoms with Crippen molar-refractivity contribution in [2.45, 2.75) is 36.9 Å². The average molecular weight is 493 g/mol. The molecule has 0 saturated carbocycles. The zero-order chi connectivity index (χ0) is 24.4. The van der Waals surface area contributed by atoms with Crippen LogP contribution >= 0.6 is 11.3 Å². The molecule has 1 aliphatic heterocycles. The molecule has 5 rings (SSSR count). The number of fused-ring (bicyclic) bond motifs is 2. The van der Waals surface area contributed by atoms with Gasteiger partial charge in [-0.05, 0) is 60.6 Å². The second-order valence-corrected chi connectivity index (χ2v) is 10.1. The smallest absolute Gasteiger partial charge is 0.252 e. The van der Waals surface area contributed by atoms with Crippen molar-refractivity contribution in [3.8, 4) is 11.5 Å². The zero-order valence-corrected chi connectivity index (χ0v) is 21.3. The summed E-state index contributed by atoms with van der Waals surface area (Å²) in [6.07, 6.45) is 1.78. The standard InChI is InChI=1S/C28H32N2O4S/c1-32-23-9-6-10-24(33-2)21(23)17-30-14-12-28(13-15-30)22-8-5-4-7-20(22)25(26(28)34-3)29-27(31)19-11-16-35-18-19/h4-11,16,18,25-26H,12-15,17H2,1-3H3,(H,29,31)/t25-,26+/m1/s1. The fourth-order valence-electron chi connectivity index (χ4n) is 5.96. The molecule has 1 fully saturated rings. The van der Waals surface area contributed by atoms with Gasteiger partial charge in [-0.25, -0.2) is 0 Å². The molecule has 1 N–H and O–H groups in total. The van der Waals surface area contributed by atoms with Crippen LogP contribution in [-0.4, -0.2) is 51.3 Å². The van der Waals surface area contributed by atoms with Gasteiger partial charge >= 0.3 is 0 Å². The Bertz CT molecular complexity index is 1150. The first-order valence-electron chi connectivity index (χ1n) is 12.0. The molecule has 35 heavy (non-hydrogen) atoms. The van der Waals surface area contributed by atoms with Crippen LogP contribution in [0.3, 0.4) is 0 Å². The number of carbonyl (C=O) groups is 1. The number of ether oxygens (including phenoxy) is 3. The highest BCUT2D eigenvalue weighted by atomic mass is 32.1. The van der Waals surface area contributed by atoms with Gasteiger partial charge in [0, 0.05) is 24.4 Å². The van der Waals surface area contributed by atoms with Gasteiger partial charge in [-0.3, -0.25) is 9.69 Å². The molecular formula is C28H32N2O4S. The molecule has 0 bridgehead atoms. The summed E-state index contributed by atoms with van der Waals surface area (Å²) in [7, 11) is 5.17. The maximum atomic E-state index is 13.0. The van der Waals surface area contributed by atoms with E-state index >= 15 is 0 Å². The van der Waals surface area contributed by atoms with Crippen LogP contribution in [0.5, 0.6) is 11.5 Å². The second kappa shape index (κ2) is 10.0. The fourth-order valence-corrected chi connectivity index (χ4v) is 6.60. The van der Waals surface area contributed by atoms with Gasteiger partial charge in [-0.2, -0.15) is 11.3 Å². The van der Waals surface area contributed by atoms with Gasteiger partial charge in [0.25, 0.3) is 5.91 Å². The molecule has 1 amide bonds. The minimum atomic E-state index is -0.176. The fraction of sp³-hybridized carbons (Fsp3) is 0.393. The Morgan fingerprint density at radius 3 is 2.37 bits per heavy atom. The average Bonchev–Trinajstić information content (AvgIpc) is 3.52. The van der Waals surface area contributed by atoms with E-state index in [-0.39, 0.29) is 23.5 Å². The molecule has 7 heteroatoms. The molecule has 0 unspecified atom stereocenters. The van der Waals surface area contributed by atoms with Crippen molar-refractivity contribution in [1.82, 2.24) is 10.2 Å². The van der Waals surface area contributed by atoms with Crippen LogP contribution in [0.2, 0.25) is 0 Å². The lowest BCUT2D eigenvalue weighted by Gasteiger charge is -2.44. The highest BCUT2D eigenvalue weighted by molar-refractivity contribution is 7.08. The van der Waals surface area contributed by atoms with Crippen molar-refractivity contribution in [2.24, 2.45) is 0 Å². The number of rotatable bonds is 7. The largest absolute Gasteiger partial charge is 0.496 e. The summed E-state index contributed by atoms with van der Waals surface area (Å²) in [6.45, 7) is 2.60. The molecular weight excluding hydrogens is 460 g/mol. The highest BCUT2D eigenvalue weighted by Crippen LogP contribution is 2.52. The molecule has 2 aliphatic rings. The molecule has 2 heterocycles. The normalized spacial score (nSPS) is 21.0. The summed E-state index contributed by atoms with van der Waals surface area (Å²) < 4.78 is 17.4. The Hall–Kier alpha value is -2.87. The number of likely N-dealkylation sites (tertiary alicyclic amines) is 1. The predicted molar refractivity (Wildman–Crippen MR) is 138 cm³/mol. The maximum absolute atomic E-state index is 13.0. The lowest BCUT2D eigenvalue weighted by atomic mass is 9.71. The minimum Gasteiger partial charge on any atom is -0.496 e. The molecule has 3 aromatic rings. The van der Waals surface area contributed by atoms with Gasteiger partial charge < -0.3 is 19.5 Å². The van der Waals surface area contributed by atoms with E-state index in [1.807, 2.05) is 35.0 Å². The van der Waals surface area contributed by atoms with Crippen LogP contribution in [0.25, 0.3) is 0 Å². The molecule has 184 valence electrons. The molecule has 1 aromatic heterocycles. The minimum absolute atomic E-state index is 0.0501. The van der Waals surface area contributed by atoms with E-state index < -0.39 is 0 Å². The lowest BCUT2D eigenvalue weighted by Crippen LogP contribution is -2.50. The number of hydrogen-bond acceptors (Lipinski definition) is 6. The van der Waals surface area contributed by atoms with E-state index in [0.29, 0.717) is 5.56 Å². The monoisotopic (exact) mass is 492 g/mol. The first kappa shape index (κ1) is 23.9. The highest BCUT2D eigenvalue weighted by Gasteiger charge is 2.54. The van der Waals surface area contributed by atoms with E-state index in [0.717, 1.165) is 49.5 Å². The molecule has 2 atom stereocenters. The number of methoxy groups -OCH3 is 3. The van der Waals surface area contributed by atoms with Crippen molar-refractivity contribution in [3.63, 3.8) is 0 Å². The zero-order valence-electron chi connectivity index (χ0n) is 20.5. The summed E-state index contributed by atoms with van der Waals surface area (Å²) in [4.78, 5) is 15.4. The van der Waals surface area contributed by atoms with Crippen molar-refractivity contribution in [1.29, 1.82) is 0 Å². The van der Waals surface area contributed by atoms with Crippen LogP contribution in [0.15, 0.2) is 59.3 Å². The molecule has 2 aromatic carbocycles. The molecule has 0 radical (unpaired) electrons. The number of carbonyl (C=O) groups excluding carboxylic acids is 1. The third-order valence-electron chi connectivity index (χ3n) is 7.66.